The lowest BCUT2D eigenvalue weighted by Gasteiger charge is -2.40. The third-order valence-corrected chi connectivity index (χ3v) is 22.9. The van der Waals surface area contributed by atoms with Crippen LogP contribution in [-0.2, 0) is 95.2 Å². The molecule has 4 fully saturated rings. The van der Waals surface area contributed by atoms with Gasteiger partial charge in [0.2, 0.25) is 0 Å². The van der Waals surface area contributed by atoms with Crippen molar-refractivity contribution in [3.63, 3.8) is 0 Å². The molecule has 28 atom stereocenters. The summed E-state index contributed by atoms with van der Waals surface area (Å²) in [5.74, 6) is -6.36. The lowest BCUT2D eigenvalue weighted by Crippen LogP contribution is -2.58. The van der Waals surface area contributed by atoms with Crippen LogP contribution in [0.3, 0.4) is 0 Å². The maximum absolute atomic E-state index is 12.6. The van der Waals surface area contributed by atoms with Gasteiger partial charge in [-0.3, -0.25) is 38.4 Å². The van der Waals surface area contributed by atoms with Gasteiger partial charge in [-0.1, -0.05) is 209 Å². The van der Waals surface area contributed by atoms with E-state index in [0.717, 1.165) is 96.3 Å². The molecule has 4 saturated heterocycles. The highest BCUT2D eigenvalue weighted by Gasteiger charge is 2.48. The largest absolute Gasteiger partial charge is 0.481 e. The summed E-state index contributed by atoms with van der Waals surface area (Å²) in [5.41, 5.74) is 0. The number of ether oxygens (including phenoxy) is 12. The van der Waals surface area contributed by atoms with Crippen molar-refractivity contribution < 1.29 is 177 Å². The van der Waals surface area contributed by atoms with E-state index in [-0.39, 0.29) is 51.4 Å². The van der Waals surface area contributed by atoms with E-state index in [9.17, 15) is 110 Å². The van der Waals surface area contributed by atoms with Crippen LogP contribution in [0.15, 0.2) is 0 Å². The molecular formula is C92H168O36. The van der Waals surface area contributed by atoms with Crippen molar-refractivity contribution in [2.75, 3.05) is 0 Å². The molecule has 0 aliphatic carbocycles. The molecule has 16 N–H and O–H groups in total. The molecule has 0 aromatic carbocycles. The monoisotopic (exact) mass is 1850 g/mol. The Kier molecular flexibility index (Phi) is 66.7. The predicted molar refractivity (Wildman–Crippen MR) is 468 cm³/mol. The van der Waals surface area contributed by atoms with Crippen LogP contribution in [0.2, 0.25) is 0 Å². The Bertz CT molecular complexity index is 2920. The third-order valence-electron chi connectivity index (χ3n) is 22.9. The molecule has 752 valence electrons. The Labute approximate surface area is 758 Å². The van der Waals surface area contributed by atoms with Crippen LogP contribution < -0.4 is 0 Å². The first-order chi connectivity index (χ1) is 60.8. The molecule has 128 heavy (non-hydrogen) atoms. The zero-order valence-electron chi connectivity index (χ0n) is 78.6. The fraction of sp³-hybridized carbons (Fsp3) is 0.913. The van der Waals surface area contributed by atoms with Crippen molar-refractivity contribution in [2.24, 2.45) is 0 Å². The van der Waals surface area contributed by atoms with E-state index in [4.69, 9.17) is 67.1 Å². The summed E-state index contributed by atoms with van der Waals surface area (Å²) in [6.45, 7) is 22.4. The van der Waals surface area contributed by atoms with Gasteiger partial charge < -0.3 is 139 Å². The summed E-state index contributed by atoms with van der Waals surface area (Å²) in [6.07, 6.45) is 1.37. The molecule has 0 aromatic heterocycles. The van der Waals surface area contributed by atoms with Crippen molar-refractivity contribution in [1.29, 1.82) is 0 Å². The van der Waals surface area contributed by atoms with E-state index < -0.39 is 219 Å². The van der Waals surface area contributed by atoms with Crippen LogP contribution >= 0.6 is 0 Å². The van der Waals surface area contributed by atoms with E-state index in [1.165, 1.54) is 57.8 Å². The van der Waals surface area contributed by atoms with Crippen molar-refractivity contribution in [2.45, 2.75) is 537 Å². The number of esters is 4. The van der Waals surface area contributed by atoms with Crippen molar-refractivity contribution in [3.8, 4) is 0 Å². The quantitative estimate of drug-likeness (QED) is 0.0153. The second-order valence-electron chi connectivity index (χ2n) is 34.8. The van der Waals surface area contributed by atoms with Gasteiger partial charge in [-0.25, -0.2) is 0 Å². The Morgan fingerprint density at radius 1 is 0.211 bits per heavy atom. The van der Waals surface area contributed by atoms with Gasteiger partial charge in [0.1, 0.15) is 97.7 Å². The first-order valence-corrected chi connectivity index (χ1v) is 47.8. The minimum Gasteiger partial charge on any atom is -0.481 e. The number of aliphatic hydroxyl groups excluding tert-OH is 12. The van der Waals surface area contributed by atoms with E-state index >= 15 is 0 Å². The van der Waals surface area contributed by atoms with Crippen LogP contribution in [0.5, 0.6) is 0 Å². The number of unbranched alkanes of at least 4 members (excludes halogenated alkanes) is 20. The zero-order chi connectivity index (χ0) is 96.4. The number of hydrogen-bond acceptors (Lipinski definition) is 32. The van der Waals surface area contributed by atoms with Crippen LogP contribution in [0, 0.1) is 0 Å². The van der Waals surface area contributed by atoms with Crippen LogP contribution in [0.25, 0.3) is 0 Å². The first-order valence-electron chi connectivity index (χ1n) is 47.8. The molecule has 4 heterocycles. The summed E-state index contributed by atoms with van der Waals surface area (Å²) in [4.78, 5) is 94.6. The minimum atomic E-state index is -1.46. The first kappa shape index (κ1) is 121. The predicted octanol–water partition coefficient (Wildman–Crippen LogP) is 10.1. The normalized spacial score (nSPS) is 27.6. The number of rotatable bonds is 64. The van der Waals surface area contributed by atoms with Gasteiger partial charge in [0.05, 0.1) is 100 Å². The van der Waals surface area contributed by atoms with Gasteiger partial charge in [0.15, 0.2) is 25.2 Å². The average Bonchev–Trinajstić information content (AvgIpc) is 0.834. The molecule has 0 radical (unpaired) electrons. The molecule has 4 rings (SSSR count). The smallest absolute Gasteiger partial charge is 0.308 e. The fourth-order valence-electron chi connectivity index (χ4n) is 15.3. The lowest BCUT2D eigenvalue weighted by atomic mass is 10.00. The molecule has 36 nitrogen and oxygen atoms in total. The minimum absolute atomic E-state index is 0.124. The number of aliphatic hydroxyl groups is 12. The van der Waals surface area contributed by atoms with E-state index in [1.54, 1.807) is 27.7 Å². The van der Waals surface area contributed by atoms with Crippen molar-refractivity contribution in [3.05, 3.63) is 0 Å². The Morgan fingerprint density at radius 2 is 0.375 bits per heavy atom. The number of aliphatic carboxylic acids is 4. The number of carboxylic acids is 4. The molecule has 0 bridgehead atoms. The summed E-state index contributed by atoms with van der Waals surface area (Å²) >= 11 is 0. The molecule has 0 saturated carbocycles. The second kappa shape index (κ2) is 70.6. The van der Waals surface area contributed by atoms with E-state index in [1.807, 2.05) is 34.6 Å². The molecular weight excluding hydrogens is 1680 g/mol. The number of carbonyl (C=O) groups excluding carboxylic acids is 4. The van der Waals surface area contributed by atoms with Crippen LogP contribution in [0.1, 0.15) is 366 Å². The third kappa shape index (κ3) is 52.0. The molecule has 36 heteroatoms. The fourth-order valence-corrected chi connectivity index (χ4v) is 15.3. The van der Waals surface area contributed by atoms with E-state index in [2.05, 4.69) is 20.8 Å². The van der Waals surface area contributed by atoms with Gasteiger partial charge >= 0.3 is 47.8 Å². The zero-order valence-corrected chi connectivity index (χ0v) is 78.6. The topological polar surface area (TPSA) is 571 Å². The lowest BCUT2D eigenvalue weighted by molar-refractivity contribution is -0.304. The molecule has 16 unspecified atom stereocenters. The average molecular weight is 1850 g/mol. The maximum atomic E-state index is 12.6. The molecule has 4 aliphatic heterocycles. The van der Waals surface area contributed by atoms with Gasteiger partial charge in [-0.15, -0.1) is 0 Å². The summed E-state index contributed by atoms with van der Waals surface area (Å²) in [7, 11) is 0. The Hall–Kier alpha value is -5.04. The van der Waals surface area contributed by atoms with Gasteiger partial charge in [-0.05, 0) is 105 Å². The summed E-state index contributed by atoms with van der Waals surface area (Å²) < 4.78 is 66.5. The van der Waals surface area contributed by atoms with Crippen LogP contribution in [-0.4, -0.2) is 301 Å². The highest BCUT2D eigenvalue weighted by molar-refractivity contribution is 5.74. The number of carboxylic acid groups (broad SMARTS) is 4. The molecule has 0 amide bonds. The van der Waals surface area contributed by atoms with Crippen LogP contribution in [0.4, 0.5) is 0 Å². The molecule has 4 aliphatic rings. The molecule has 0 spiro atoms. The number of hydrogen-bond donors (Lipinski definition) is 16. The van der Waals surface area contributed by atoms with Crippen molar-refractivity contribution in [1.82, 2.24) is 0 Å². The summed E-state index contributed by atoms with van der Waals surface area (Å²) in [6, 6.07) is 0. The summed E-state index contributed by atoms with van der Waals surface area (Å²) in [5, 5.41) is 156. The second-order valence-corrected chi connectivity index (χ2v) is 34.8. The highest BCUT2D eigenvalue weighted by atomic mass is 16.7. The number of carbonyl (C=O) groups is 8. The van der Waals surface area contributed by atoms with Crippen molar-refractivity contribution >= 4 is 47.8 Å². The maximum Gasteiger partial charge on any atom is 0.308 e. The molecule has 0 aromatic rings. The van der Waals surface area contributed by atoms with Gasteiger partial charge in [0.25, 0.3) is 0 Å². The van der Waals surface area contributed by atoms with E-state index in [0.29, 0.717) is 77.0 Å². The van der Waals surface area contributed by atoms with Gasteiger partial charge in [0, 0.05) is 0 Å². The SMILES string of the molecule is CCCCCC(CC(=O)O)OC(=O)CC(CCC)O[C@@H]1OC(C)[C@H](O)[C@H](O)C1O.CCCCCCCC(CC(=O)O)OC(=O)CC(CCC)O[C@@H]1OC(C)[C@H](O)[C@H](O)C1O.CCCCCCCCCC(CC(=O)O)OC(=O)CC(CCC)O[C@@H]1OC(C)[C@H](O)[C@H](O)C1O.CCCCCCCCCCCC(CC(=O)O)OC(=O)CC(CCC)O[C@@H]1OC(C)[C@H](O)[C@H](O)C1O. The highest BCUT2D eigenvalue weighted by Crippen LogP contribution is 2.32. The standard InChI is InChI=1S/C26H48O9.C24H44O9.C22H40O9.C20H36O9/c1-4-6-7-8-9-10-11-12-13-15-20(16-21(27)28)34-22(29)17-19(14-5-2)35-26-25(32)24(31)23(30)18(3)33-26;1-4-6-7-8-9-10-11-13-18(14-19(25)26)32-20(27)15-17(12-5-2)33-24-23(30)22(29)21(28)16(3)31-24;1-4-6-7-8-9-11-16(12-17(23)24)30-18(25)13-15(10-5-2)31-22-21(28)20(27)19(26)14(3)29-22;1-4-6-7-9-14(10-15(21)22)28-16(23)11-13(8-5-2)29-20-19(26)18(25)17(24)12(3)27-20/h18-20,23-26,30-32H,4-17H2,1-3H3,(H,27,28);16-18,21-24,28-30H,4-15H2,1-3H3,(H,25,26);14-16,19-22,26-28H,4-13H2,1-3H3,(H,23,24);12-14,17-20,24-26H,4-11H2,1-3H3,(H,21,22)/t18?,19?,20?,23-,24-,25?,26-;16?,17?,18?,21-,22-,23?,24-;14?,15?,16?,19-,20-,21?,22-;12?,13?,14?,17-,18-,19?,20-/m0000/s1. The Morgan fingerprint density at radius 3 is 0.547 bits per heavy atom. The Balaban J connectivity index is 0.000000855. The van der Waals surface area contributed by atoms with Gasteiger partial charge in [-0.2, -0.15) is 0 Å².